The van der Waals surface area contributed by atoms with Crippen molar-refractivity contribution in [2.24, 2.45) is 28.9 Å². The van der Waals surface area contributed by atoms with Gasteiger partial charge in [0.25, 0.3) is 0 Å². The number of ketones is 1. The molecule has 9 heteroatoms. The fourth-order valence-corrected chi connectivity index (χ4v) is 11.0. The summed E-state index contributed by atoms with van der Waals surface area (Å²) in [7, 11) is 0. The number of anilines is 1. The van der Waals surface area contributed by atoms with E-state index in [1.165, 1.54) is 5.56 Å². The van der Waals surface area contributed by atoms with Crippen molar-refractivity contribution >= 4 is 29.6 Å². The molecule has 6 rings (SSSR count). The van der Waals surface area contributed by atoms with Crippen molar-refractivity contribution in [2.75, 3.05) is 5.32 Å². The van der Waals surface area contributed by atoms with Gasteiger partial charge in [-0.1, -0.05) is 53.0 Å². The summed E-state index contributed by atoms with van der Waals surface area (Å²) >= 11 is 0. The van der Waals surface area contributed by atoms with Gasteiger partial charge in [-0.05, 0) is 156 Å². The molecule has 6 atom stereocenters. The third kappa shape index (κ3) is 7.09. The van der Waals surface area contributed by atoms with E-state index in [0.29, 0.717) is 30.4 Å². The summed E-state index contributed by atoms with van der Waals surface area (Å²) in [5.74, 6) is -0.0472. The summed E-state index contributed by atoms with van der Waals surface area (Å²) in [6.07, 6.45) is 6.99. The predicted molar refractivity (Wildman–Crippen MR) is 206 cm³/mol. The Balaban J connectivity index is 1.47. The Kier molecular flexibility index (Phi) is 9.86. The molecule has 4 aliphatic rings. The van der Waals surface area contributed by atoms with Crippen LogP contribution in [0.25, 0.3) is 0 Å². The summed E-state index contributed by atoms with van der Waals surface area (Å²) in [6.45, 7) is 19.6. The fraction of sp³-hybridized carbons (Fsp3) is 0.636. The number of Topliss-reactive ketones (excluding diaryl/α,β-unsaturated/α-hetero) is 1. The van der Waals surface area contributed by atoms with Gasteiger partial charge in [0.15, 0.2) is 5.78 Å². The third-order valence-electron chi connectivity index (χ3n) is 13.2. The topological polar surface area (TPSA) is 134 Å². The minimum atomic E-state index is -0.924. The van der Waals surface area contributed by atoms with Crippen LogP contribution in [0.2, 0.25) is 0 Å². The van der Waals surface area contributed by atoms with E-state index in [2.05, 4.69) is 32.2 Å². The van der Waals surface area contributed by atoms with Crippen LogP contribution in [0.3, 0.4) is 0 Å². The molecule has 0 saturated heterocycles. The molecule has 53 heavy (non-hydrogen) atoms. The van der Waals surface area contributed by atoms with Crippen molar-refractivity contribution in [1.29, 1.82) is 0 Å². The zero-order valence-corrected chi connectivity index (χ0v) is 33.5. The molecule has 9 nitrogen and oxygen atoms in total. The molecule has 2 aromatic carbocycles. The molecule has 4 aliphatic carbocycles. The van der Waals surface area contributed by atoms with Crippen molar-refractivity contribution < 1.29 is 33.4 Å². The number of carbonyl (C=O) groups is 4. The van der Waals surface area contributed by atoms with Gasteiger partial charge >= 0.3 is 12.2 Å². The summed E-state index contributed by atoms with van der Waals surface area (Å²) in [4.78, 5) is 55.5. The number of nitrogens with one attached hydrogen (secondary N) is 1. The number of rotatable bonds is 5. The number of hydrogen-bond donors (Lipinski definition) is 2. The van der Waals surface area contributed by atoms with Crippen molar-refractivity contribution in [2.45, 2.75) is 155 Å². The van der Waals surface area contributed by atoms with Crippen LogP contribution in [0.4, 0.5) is 15.3 Å². The van der Waals surface area contributed by atoms with Gasteiger partial charge in [0.2, 0.25) is 5.91 Å². The molecule has 3 N–H and O–H groups in total. The fourth-order valence-electron chi connectivity index (χ4n) is 11.0. The monoisotopic (exact) mass is 728 g/mol. The van der Waals surface area contributed by atoms with E-state index in [9.17, 15) is 14.4 Å². The molecular weight excluding hydrogens is 668 g/mol. The van der Waals surface area contributed by atoms with Gasteiger partial charge in [-0.3, -0.25) is 14.9 Å². The van der Waals surface area contributed by atoms with Crippen LogP contribution in [0.15, 0.2) is 24.3 Å². The van der Waals surface area contributed by atoms with E-state index in [0.717, 1.165) is 68.1 Å². The molecule has 2 saturated carbocycles. The molecule has 0 bridgehead atoms. The average molecular weight is 729 g/mol. The molecular formula is C44H60N2O7. The van der Waals surface area contributed by atoms with Gasteiger partial charge < -0.3 is 19.9 Å². The van der Waals surface area contributed by atoms with E-state index in [4.69, 9.17) is 19.9 Å². The highest BCUT2D eigenvalue weighted by atomic mass is 16.7. The quantitative estimate of drug-likeness (QED) is 0.178. The largest absolute Gasteiger partial charge is 0.514 e. The average Bonchev–Trinajstić information content (AvgIpc) is 3.02. The number of ether oxygens (including phenoxy) is 3. The van der Waals surface area contributed by atoms with Crippen LogP contribution in [0.5, 0.6) is 5.75 Å². The molecule has 3 unspecified atom stereocenters. The van der Waals surface area contributed by atoms with Gasteiger partial charge in [-0.15, -0.1) is 0 Å². The van der Waals surface area contributed by atoms with Gasteiger partial charge in [0.05, 0.1) is 11.1 Å². The van der Waals surface area contributed by atoms with Crippen LogP contribution >= 0.6 is 0 Å². The molecule has 2 fully saturated rings. The maximum atomic E-state index is 15.6. The lowest BCUT2D eigenvalue weighted by molar-refractivity contribution is 0.0184. The van der Waals surface area contributed by atoms with E-state index in [-0.39, 0.29) is 34.0 Å². The Morgan fingerprint density at radius 1 is 0.792 bits per heavy atom. The van der Waals surface area contributed by atoms with Gasteiger partial charge in [-0.2, -0.15) is 0 Å². The van der Waals surface area contributed by atoms with Crippen molar-refractivity contribution in [3.63, 3.8) is 0 Å². The first-order chi connectivity index (χ1) is 24.6. The number of aryl methyl sites for hydroxylation is 1. The number of hydrogen-bond acceptors (Lipinski definition) is 7. The second-order valence-corrected chi connectivity index (χ2v) is 19.1. The van der Waals surface area contributed by atoms with Gasteiger partial charge in [0, 0.05) is 11.1 Å². The Hall–Kier alpha value is -3.88. The minimum Gasteiger partial charge on any atom is -0.444 e. The van der Waals surface area contributed by atoms with E-state index < -0.39 is 40.2 Å². The number of primary amides is 1. The smallest absolute Gasteiger partial charge is 0.444 e. The Bertz CT molecular complexity index is 1840. The molecule has 0 heterocycles. The highest BCUT2D eigenvalue weighted by Crippen LogP contribution is 2.60. The lowest BCUT2D eigenvalue weighted by Gasteiger charge is -2.55. The Morgan fingerprint density at radius 2 is 1.47 bits per heavy atom. The van der Waals surface area contributed by atoms with Crippen LogP contribution in [-0.4, -0.2) is 35.1 Å². The molecule has 0 aromatic heterocycles. The Labute approximate surface area is 315 Å². The first-order valence-electron chi connectivity index (χ1n) is 19.7. The number of amides is 2. The first-order valence-corrected chi connectivity index (χ1v) is 19.7. The summed E-state index contributed by atoms with van der Waals surface area (Å²) in [6, 6.07) is 7.89. The van der Waals surface area contributed by atoms with Crippen LogP contribution in [-0.2, 0) is 33.1 Å². The minimum absolute atomic E-state index is 0.0606. The zero-order valence-electron chi connectivity index (χ0n) is 33.5. The molecule has 0 aliphatic heterocycles. The maximum absolute atomic E-state index is 15.6. The Morgan fingerprint density at radius 3 is 2.13 bits per heavy atom. The highest BCUT2D eigenvalue weighted by molar-refractivity contribution is 6.13. The number of nitrogens with two attached hydrogens (primary N) is 1. The van der Waals surface area contributed by atoms with Crippen molar-refractivity contribution in [3.05, 3.63) is 57.6 Å². The first kappa shape index (κ1) is 38.8. The molecule has 0 spiro atoms. The second-order valence-electron chi connectivity index (χ2n) is 19.1. The lowest BCUT2D eigenvalue weighted by Crippen LogP contribution is -2.53. The molecule has 2 amide bonds. The molecule has 0 radical (unpaired) electrons. The molecule has 288 valence electrons. The second kappa shape index (κ2) is 13.5. The van der Waals surface area contributed by atoms with Crippen LogP contribution in [0.1, 0.15) is 164 Å². The normalized spacial score (nSPS) is 29.4. The van der Waals surface area contributed by atoms with Crippen molar-refractivity contribution in [3.8, 4) is 5.75 Å². The summed E-state index contributed by atoms with van der Waals surface area (Å²) < 4.78 is 17.2. The van der Waals surface area contributed by atoms with E-state index >= 15 is 4.79 Å². The molecule has 2 aromatic rings. The number of carbonyl (C=O) groups excluding carboxylic acids is 4. The van der Waals surface area contributed by atoms with E-state index in [1.807, 2.05) is 45.9 Å². The number of benzene rings is 2. The highest BCUT2D eigenvalue weighted by Gasteiger charge is 2.56. The van der Waals surface area contributed by atoms with Crippen LogP contribution < -0.4 is 15.8 Å². The maximum Gasteiger partial charge on any atom is 0.514 e. The lowest BCUT2D eigenvalue weighted by atomic mass is 9.48. The predicted octanol–water partition coefficient (Wildman–Crippen LogP) is 9.98. The zero-order chi connectivity index (χ0) is 38.9. The van der Waals surface area contributed by atoms with Crippen molar-refractivity contribution in [1.82, 2.24) is 0 Å². The number of fused-ring (bicyclic) bond motifs is 6. The summed E-state index contributed by atoms with van der Waals surface area (Å²) in [5, 5.41) is 2.91. The summed E-state index contributed by atoms with van der Waals surface area (Å²) in [5.41, 5.74) is 8.27. The van der Waals surface area contributed by atoms with E-state index in [1.54, 1.807) is 20.8 Å². The third-order valence-corrected chi connectivity index (χ3v) is 13.2. The van der Waals surface area contributed by atoms with Crippen LogP contribution in [0, 0.1) is 23.2 Å². The van der Waals surface area contributed by atoms with Gasteiger partial charge in [0.1, 0.15) is 17.0 Å². The van der Waals surface area contributed by atoms with Gasteiger partial charge in [-0.25, -0.2) is 9.59 Å². The standard InChI is InChI=1S/C44H60N2O7/c1-25-13-11-20-42(8)29(25)18-17-28-31(42)24-32(51-39(50)53-41(5,6)7)35(34(28)37(45)48)36(47)44(10)22-12-21-43(9)30-23-27(46-38(49)52-40(2,3)4)16-14-26(30)15-19-33(43)44/h14,16,23-25,29,33H,11-13,15,17-22H2,1-10H3,(H2,45,48)(H,46,49)/t25?,29?,33-,42?,43-,44+/m1/s1. The SMILES string of the molecule is CC1CCCC2(C)c3cc(OC(=O)OC(C)(C)C)c(C(=O)[C@@]4(C)CCC[C@]5(C)c6cc(NC(=O)OC(C)(C)C)ccc6CC[C@@H]45)c(C(N)=O)c3CCC12.